The number of aliphatic hydroxyl groups excluding tert-OH is 1. The van der Waals surface area contributed by atoms with Gasteiger partial charge in [-0.3, -0.25) is 0 Å². The van der Waals surface area contributed by atoms with E-state index < -0.39 is 0 Å². The van der Waals surface area contributed by atoms with Crippen LogP contribution in [0.2, 0.25) is 0 Å². The fraction of sp³-hybridized carbons (Fsp3) is 1.00. The van der Waals surface area contributed by atoms with Crippen molar-refractivity contribution in [3.63, 3.8) is 0 Å². The fourth-order valence-corrected chi connectivity index (χ4v) is 4.14. The summed E-state index contributed by atoms with van der Waals surface area (Å²) >= 11 is 0. The molecule has 1 saturated carbocycles. The molecule has 1 unspecified atom stereocenters. The monoisotopic (exact) mass is 282 g/mol. The zero-order valence-electron chi connectivity index (χ0n) is 13.4. The van der Waals surface area contributed by atoms with E-state index in [1.165, 1.54) is 71.0 Å². The van der Waals surface area contributed by atoms with E-state index in [9.17, 15) is 5.11 Å². The van der Waals surface area contributed by atoms with E-state index >= 15 is 0 Å². The lowest BCUT2D eigenvalue weighted by atomic mass is 9.73. The largest absolute Gasteiger partial charge is 0.396 e. The van der Waals surface area contributed by atoms with Crippen molar-refractivity contribution >= 4 is 0 Å². The average molecular weight is 282 g/mol. The van der Waals surface area contributed by atoms with Gasteiger partial charge in [0.05, 0.1) is 0 Å². The predicted molar refractivity (Wildman–Crippen MR) is 84.9 cm³/mol. The molecule has 20 heavy (non-hydrogen) atoms. The first kappa shape index (κ1) is 16.3. The smallest absolute Gasteiger partial charge is 0.0471 e. The average Bonchev–Trinajstić information content (AvgIpc) is 2.48. The Labute approximate surface area is 125 Å². The first-order valence-corrected chi connectivity index (χ1v) is 8.82. The number of piperidine rings is 1. The number of hydrogen-bond acceptors (Lipinski definition) is 3. The highest BCUT2D eigenvalue weighted by atomic mass is 16.3. The first-order valence-electron chi connectivity index (χ1n) is 8.82. The molecule has 0 amide bonds. The van der Waals surface area contributed by atoms with Crippen molar-refractivity contribution in [1.82, 2.24) is 10.2 Å². The van der Waals surface area contributed by atoms with Gasteiger partial charge >= 0.3 is 0 Å². The fourth-order valence-electron chi connectivity index (χ4n) is 4.14. The maximum atomic E-state index is 9.41. The molecule has 1 aliphatic carbocycles. The van der Waals surface area contributed by atoms with Crippen LogP contribution in [0.25, 0.3) is 0 Å². The molecule has 0 spiro atoms. The highest BCUT2D eigenvalue weighted by Gasteiger charge is 2.34. The predicted octanol–water partition coefficient (Wildman–Crippen LogP) is 2.64. The molecule has 3 heteroatoms. The molecule has 0 aromatic carbocycles. The number of nitrogens with zero attached hydrogens (tertiary/aromatic N) is 1. The molecular weight excluding hydrogens is 248 g/mol. The summed E-state index contributed by atoms with van der Waals surface area (Å²) in [4.78, 5) is 2.64. The Morgan fingerprint density at radius 1 is 1.20 bits per heavy atom. The molecule has 2 rings (SSSR count). The summed E-state index contributed by atoms with van der Waals surface area (Å²) < 4.78 is 0. The molecule has 118 valence electrons. The van der Waals surface area contributed by atoms with Crippen molar-refractivity contribution in [1.29, 1.82) is 0 Å². The van der Waals surface area contributed by atoms with Crippen molar-refractivity contribution in [3.05, 3.63) is 0 Å². The molecule has 1 saturated heterocycles. The second-order valence-electron chi connectivity index (χ2n) is 7.16. The highest BCUT2D eigenvalue weighted by Crippen LogP contribution is 2.37. The number of hydrogen-bond donors (Lipinski definition) is 2. The van der Waals surface area contributed by atoms with Gasteiger partial charge in [0.15, 0.2) is 0 Å². The van der Waals surface area contributed by atoms with Gasteiger partial charge in [-0.25, -0.2) is 0 Å². The van der Waals surface area contributed by atoms with Crippen molar-refractivity contribution < 1.29 is 5.11 Å². The van der Waals surface area contributed by atoms with Crippen LogP contribution in [0.4, 0.5) is 0 Å². The quantitative estimate of drug-likeness (QED) is 0.705. The van der Waals surface area contributed by atoms with E-state index in [0.717, 1.165) is 13.1 Å². The lowest BCUT2D eigenvalue weighted by molar-refractivity contribution is 0.0575. The number of aliphatic hydroxyl groups is 1. The standard InChI is InChI=1S/C17H34N2O/c1-2-10-18-14-17(8-4-3-5-9-17)15-19-11-6-7-16(12-19)13-20/h16,18,20H,2-15H2,1H3. The molecule has 1 heterocycles. The molecule has 3 nitrogen and oxygen atoms in total. The van der Waals surface area contributed by atoms with Crippen molar-refractivity contribution in [2.45, 2.75) is 58.3 Å². The van der Waals surface area contributed by atoms with E-state index in [1.54, 1.807) is 0 Å². The van der Waals surface area contributed by atoms with Crippen molar-refractivity contribution in [3.8, 4) is 0 Å². The Hall–Kier alpha value is -0.120. The number of nitrogens with one attached hydrogen (secondary N) is 1. The molecule has 1 atom stereocenters. The summed E-state index contributed by atoms with van der Waals surface area (Å²) in [6.07, 6.45) is 10.7. The highest BCUT2D eigenvalue weighted by molar-refractivity contribution is 4.89. The second-order valence-corrected chi connectivity index (χ2v) is 7.16. The van der Waals surface area contributed by atoms with Crippen molar-refractivity contribution in [2.24, 2.45) is 11.3 Å². The van der Waals surface area contributed by atoms with Crippen LogP contribution < -0.4 is 5.32 Å². The zero-order chi connectivity index (χ0) is 14.3. The molecule has 0 radical (unpaired) electrons. The third kappa shape index (κ3) is 4.71. The van der Waals surface area contributed by atoms with Gasteiger partial charge in [0.2, 0.25) is 0 Å². The third-order valence-corrected chi connectivity index (χ3v) is 5.26. The van der Waals surface area contributed by atoms with E-state index in [-0.39, 0.29) is 0 Å². The minimum Gasteiger partial charge on any atom is -0.396 e. The lowest BCUT2D eigenvalue weighted by Crippen LogP contribution is -2.48. The molecule has 2 N–H and O–H groups in total. The summed E-state index contributed by atoms with van der Waals surface area (Å²) in [6, 6.07) is 0. The summed E-state index contributed by atoms with van der Waals surface area (Å²) in [6.45, 7) is 8.58. The molecule has 0 aromatic rings. The summed E-state index contributed by atoms with van der Waals surface area (Å²) in [7, 11) is 0. The molecule has 2 fully saturated rings. The van der Waals surface area contributed by atoms with Crippen LogP contribution >= 0.6 is 0 Å². The summed E-state index contributed by atoms with van der Waals surface area (Å²) in [5, 5.41) is 13.1. The zero-order valence-corrected chi connectivity index (χ0v) is 13.4. The maximum Gasteiger partial charge on any atom is 0.0471 e. The summed E-state index contributed by atoms with van der Waals surface area (Å²) in [5.41, 5.74) is 0.505. The van der Waals surface area contributed by atoms with E-state index in [2.05, 4.69) is 17.1 Å². The lowest BCUT2D eigenvalue weighted by Gasteiger charge is -2.43. The number of rotatable bonds is 7. The normalized spacial score (nSPS) is 27.6. The second kappa shape index (κ2) is 8.35. The van der Waals surface area contributed by atoms with Gasteiger partial charge in [-0.05, 0) is 56.5 Å². The minimum absolute atomic E-state index is 0.373. The Kier molecular flexibility index (Phi) is 6.79. The third-order valence-electron chi connectivity index (χ3n) is 5.26. The molecule has 1 aliphatic heterocycles. The van der Waals surface area contributed by atoms with Crippen LogP contribution in [0.5, 0.6) is 0 Å². The van der Waals surface area contributed by atoms with Gasteiger partial charge in [-0.2, -0.15) is 0 Å². The SMILES string of the molecule is CCCNCC1(CN2CCCC(CO)C2)CCCCC1. The summed E-state index contributed by atoms with van der Waals surface area (Å²) in [5.74, 6) is 0.521. The maximum absolute atomic E-state index is 9.41. The van der Waals surface area contributed by atoms with Crippen LogP contribution in [-0.4, -0.2) is 49.3 Å². The van der Waals surface area contributed by atoms with Crippen LogP contribution in [0.3, 0.4) is 0 Å². The van der Waals surface area contributed by atoms with Gasteiger partial charge in [0.1, 0.15) is 0 Å². The van der Waals surface area contributed by atoms with Crippen LogP contribution in [0, 0.1) is 11.3 Å². The van der Waals surface area contributed by atoms with Gasteiger partial charge in [-0.15, -0.1) is 0 Å². The van der Waals surface area contributed by atoms with Crippen LogP contribution in [0.1, 0.15) is 58.3 Å². The number of likely N-dealkylation sites (tertiary alicyclic amines) is 1. The topological polar surface area (TPSA) is 35.5 Å². The van der Waals surface area contributed by atoms with Crippen LogP contribution in [0.15, 0.2) is 0 Å². The Morgan fingerprint density at radius 3 is 2.70 bits per heavy atom. The van der Waals surface area contributed by atoms with Gasteiger partial charge in [-0.1, -0.05) is 26.2 Å². The van der Waals surface area contributed by atoms with Gasteiger partial charge in [0, 0.05) is 26.2 Å². The van der Waals surface area contributed by atoms with E-state index in [4.69, 9.17) is 0 Å². The van der Waals surface area contributed by atoms with Crippen molar-refractivity contribution in [2.75, 3.05) is 39.3 Å². The molecule has 0 aromatic heterocycles. The Morgan fingerprint density at radius 2 is 2.00 bits per heavy atom. The van der Waals surface area contributed by atoms with Gasteiger partial charge < -0.3 is 15.3 Å². The van der Waals surface area contributed by atoms with Crippen LogP contribution in [-0.2, 0) is 0 Å². The molecule has 2 aliphatic rings. The molecule has 0 bridgehead atoms. The van der Waals surface area contributed by atoms with E-state index in [0.29, 0.717) is 17.9 Å². The minimum atomic E-state index is 0.373. The first-order chi connectivity index (χ1) is 9.78. The molecular formula is C17H34N2O. The Bertz CT molecular complexity index is 264. The van der Waals surface area contributed by atoms with E-state index in [1.807, 2.05) is 0 Å². The van der Waals surface area contributed by atoms with Gasteiger partial charge in [0.25, 0.3) is 0 Å². The Balaban J connectivity index is 1.88.